The van der Waals surface area contributed by atoms with Crippen molar-refractivity contribution < 1.29 is 9.13 Å². The molecule has 0 aliphatic carbocycles. The Morgan fingerprint density at radius 2 is 2.37 bits per heavy atom. The molecule has 0 spiro atoms. The van der Waals surface area contributed by atoms with Crippen LogP contribution in [0.1, 0.15) is 31.7 Å². The summed E-state index contributed by atoms with van der Waals surface area (Å²) in [4.78, 5) is 0.779. The van der Waals surface area contributed by atoms with Gasteiger partial charge in [0, 0.05) is 23.8 Å². The van der Waals surface area contributed by atoms with Gasteiger partial charge in [0.1, 0.15) is 5.82 Å². The fraction of sp³-hybridized carbons (Fsp3) is 0.600. The lowest BCUT2D eigenvalue weighted by Crippen LogP contribution is -2.15. The van der Waals surface area contributed by atoms with Gasteiger partial charge in [-0.1, -0.05) is 19.1 Å². The molecule has 2 rings (SSSR count). The van der Waals surface area contributed by atoms with Gasteiger partial charge in [-0.15, -0.1) is 11.8 Å². The SMILES string of the molecule is CCCNCc1cccc(F)c1SCC1CCCO1. The minimum Gasteiger partial charge on any atom is -0.377 e. The number of hydrogen-bond donors (Lipinski definition) is 1. The van der Waals surface area contributed by atoms with E-state index in [1.165, 1.54) is 0 Å². The van der Waals surface area contributed by atoms with Crippen molar-refractivity contribution in [2.45, 2.75) is 43.7 Å². The van der Waals surface area contributed by atoms with Crippen LogP contribution in [0.2, 0.25) is 0 Å². The van der Waals surface area contributed by atoms with Gasteiger partial charge in [0.15, 0.2) is 0 Å². The Kier molecular flexibility index (Phi) is 6.14. The predicted molar refractivity (Wildman–Crippen MR) is 78.1 cm³/mol. The van der Waals surface area contributed by atoms with Crippen LogP contribution in [0, 0.1) is 5.82 Å². The molecule has 1 aliphatic rings. The van der Waals surface area contributed by atoms with Crippen LogP contribution in [-0.4, -0.2) is 25.0 Å². The van der Waals surface area contributed by atoms with Crippen LogP contribution in [0.4, 0.5) is 4.39 Å². The number of benzene rings is 1. The van der Waals surface area contributed by atoms with E-state index >= 15 is 0 Å². The summed E-state index contributed by atoms with van der Waals surface area (Å²) in [6.07, 6.45) is 3.62. The molecule has 106 valence electrons. The number of thioether (sulfide) groups is 1. The maximum absolute atomic E-state index is 13.9. The lowest BCUT2D eigenvalue weighted by Gasteiger charge is -2.13. The topological polar surface area (TPSA) is 21.3 Å². The van der Waals surface area contributed by atoms with Crippen LogP contribution < -0.4 is 5.32 Å². The maximum atomic E-state index is 13.9. The molecule has 1 atom stereocenters. The highest BCUT2D eigenvalue weighted by atomic mass is 32.2. The quantitative estimate of drug-likeness (QED) is 0.610. The number of halogens is 1. The molecule has 1 aromatic carbocycles. The average Bonchev–Trinajstić information content (AvgIpc) is 2.91. The number of ether oxygens (including phenoxy) is 1. The summed E-state index contributed by atoms with van der Waals surface area (Å²) < 4.78 is 19.5. The lowest BCUT2D eigenvalue weighted by molar-refractivity contribution is 0.129. The molecular formula is C15H22FNOS. The lowest BCUT2D eigenvalue weighted by atomic mass is 10.2. The fourth-order valence-corrected chi connectivity index (χ4v) is 3.35. The number of hydrogen-bond acceptors (Lipinski definition) is 3. The molecule has 19 heavy (non-hydrogen) atoms. The Morgan fingerprint density at radius 1 is 1.47 bits per heavy atom. The fourth-order valence-electron chi connectivity index (χ4n) is 2.21. The van der Waals surface area contributed by atoms with Crippen molar-refractivity contribution in [3.05, 3.63) is 29.6 Å². The standard InChI is InChI=1S/C15H22FNOS/c1-2-8-17-10-12-5-3-7-14(16)15(12)19-11-13-6-4-9-18-13/h3,5,7,13,17H,2,4,6,8-11H2,1H3. The molecular weight excluding hydrogens is 261 g/mol. The van der Waals surface area contributed by atoms with E-state index in [1.807, 2.05) is 6.07 Å². The number of rotatable bonds is 7. The van der Waals surface area contributed by atoms with E-state index < -0.39 is 0 Å². The monoisotopic (exact) mass is 283 g/mol. The summed E-state index contributed by atoms with van der Waals surface area (Å²) in [7, 11) is 0. The molecule has 2 nitrogen and oxygen atoms in total. The van der Waals surface area contributed by atoms with Gasteiger partial charge in [-0.05, 0) is 37.4 Å². The highest BCUT2D eigenvalue weighted by Gasteiger charge is 2.17. The van der Waals surface area contributed by atoms with Crippen molar-refractivity contribution in [1.29, 1.82) is 0 Å². The first-order valence-electron chi connectivity index (χ1n) is 7.03. The molecule has 1 saturated heterocycles. The van der Waals surface area contributed by atoms with Crippen LogP contribution in [0.15, 0.2) is 23.1 Å². The van der Waals surface area contributed by atoms with E-state index in [0.717, 1.165) is 55.2 Å². The van der Waals surface area contributed by atoms with E-state index in [1.54, 1.807) is 23.9 Å². The highest BCUT2D eigenvalue weighted by molar-refractivity contribution is 7.99. The van der Waals surface area contributed by atoms with Gasteiger partial charge in [-0.3, -0.25) is 0 Å². The molecule has 0 saturated carbocycles. The normalized spacial score (nSPS) is 18.9. The van der Waals surface area contributed by atoms with Gasteiger partial charge < -0.3 is 10.1 Å². The Bertz CT molecular complexity index is 394. The first kappa shape index (κ1) is 14.8. The molecule has 0 amide bonds. The van der Waals surface area contributed by atoms with Gasteiger partial charge in [-0.25, -0.2) is 4.39 Å². The van der Waals surface area contributed by atoms with Crippen molar-refractivity contribution in [2.75, 3.05) is 18.9 Å². The Hall–Kier alpha value is -0.580. The molecule has 4 heteroatoms. The summed E-state index contributed by atoms with van der Waals surface area (Å²) in [5.74, 6) is 0.737. The maximum Gasteiger partial charge on any atom is 0.137 e. The van der Waals surface area contributed by atoms with Crippen molar-refractivity contribution in [1.82, 2.24) is 5.32 Å². The van der Waals surface area contributed by atoms with Crippen LogP contribution in [0.3, 0.4) is 0 Å². The van der Waals surface area contributed by atoms with E-state index in [4.69, 9.17) is 4.74 Å². The van der Waals surface area contributed by atoms with Gasteiger partial charge in [0.2, 0.25) is 0 Å². The second kappa shape index (κ2) is 7.88. The molecule has 0 radical (unpaired) electrons. The summed E-state index contributed by atoms with van der Waals surface area (Å²) in [6.45, 7) is 4.69. The molecule has 1 aliphatic heterocycles. The Morgan fingerprint density at radius 3 is 3.11 bits per heavy atom. The van der Waals surface area contributed by atoms with Gasteiger partial charge in [-0.2, -0.15) is 0 Å². The summed E-state index contributed by atoms with van der Waals surface area (Å²) in [6, 6.07) is 5.33. The van der Waals surface area contributed by atoms with Crippen LogP contribution >= 0.6 is 11.8 Å². The Balaban J connectivity index is 1.95. The average molecular weight is 283 g/mol. The summed E-state index contributed by atoms with van der Waals surface area (Å²) in [5, 5.41) is 3.34. The molecule has 0 bridgehead atoms. The largest absolute Gasteiger partial charge is 0.377 e. The van der Waals surface area contributed by atoms with Crippen molar-refractivity contribution in [3.63, 3.8) is 0 Å². The zero-order valence-corrected chi connectivity index (χ0v) is 12.3. The minimum atomic E-state index is -0.112. The highest BCUT2D eigenvalue weighted by Crippen LogP contribution is 2.29. The summed E-state index contributed by atoms with van der Waals surface area (Å²) >= 11 is 1.59. The zero-order valence-electron chi connectivity index (χ0n) is 11.5. The minimum absolute atomic E-state index is 0.112. The predicted octanol–water partition coefficient (Wildman–Crippen LogP) is 3.60. The van der Waals surface area contributed by atoms with Crippen molar-refractivity contribution in [3.8, 4) is 0 Å². The Labute approximate surface area is 119 Å². The van der Waals surface area contributed by atoms with Crippen LogP contribution in [0.25, 0.3) is 0 Å². The molecule has 1 fully saturated rings. The molecule has 1 aromatic rings. The van der Waals surface area contributed by atoms with E-state index in [2.05, 4.69) is 12.2 Å². The molecule has 1 N–H and O–H groups in total. The third-order valence-electron chi connectivity index (χ3n) is 3.23. The first-order valence-corrected chi connectivity index (χ1v) is 8.02. The first-order chi connectivity index (χ1) is 9.31. The molecule has 0 aromatic heterocycles. The smallest absolute Gasteiger partial charge is 0.137 e. The van der Waals surface area contributed by atoms with Crippen LogP contribution in [-0.2, 0) is 11.3 Å². The molecule has 1 heterocycles. The third kappa shape index (κ3) is 4.48. The third-order valence-corrected chi connectivity index (χ3v) is 4.51. The van der Waals surface area contributed by atoms with Gasteiger partial charge in [0.25, 0.3) is 0 Å². The van der Waals surface area contributed by atoms with E-state index in [-0.39, 0.29) is 5.82 Å². The second-order valence-corrected chi connectivity index (χ2v) is 5.88. The van der Waals surface area contributed by atoms with Crippen molar-refractivity contribution >= 4 is 11.8 Å². The van der Waals surface area contributed by atoms with E-state index in [0.29, 0.717) is 6.10 Å². The number of nitrogens with one attached hydrogen (secondary N) is 1. The second-order valence-electron chi connectivity index (χ2n) is 4.85. The zero-order chi connectivity index (χ0) is 13.5. The molecule has 1 unspecified atom stereocenters. The van der Waals surface area contributed by atoms with E-state index in [9.17, 15) is 4.39 Å². The van der Waals surface area contributed by atoms with Crippen LogP contribution in [0.5, 0.6) is 0 Å². The van der Waals surface area contributed by atoms with Crippen molar-refractivity contribution in [2.24, 2.45) is 0 Å². The van der Waals surface area contributed by atoms with Gasteiger partial charge >= 0.3 is 0 Å². The van der Waals surface area contributed by atoms with Gasteiger partial charge in [0.05, 0.1) is 6.10 Å². The summed E-state index contributed by atoms with van der Waals surface area (Å²) in [5.41, 5.74) is 1.05.